The third kappa shape index (κ3) is 6.40. The highest BCUT2D eigenvalue weighted by Crippen LogP contribution is 2.69. The zero-order chi connectivity index (χ0) is 27.2. The Morgan fingerprint density at radius 2 is 1.58 bits per heavy atom. The Labute approximate surface area is 238 Å². The molecule has 7 atom stereocenters. The van der Waals surface area contributed by atoms with Crippen molar-refractivity contribution in [3.63, 3.8) is 0 Å². The van der Waals surface area contributed by atoms with E-state index in [1.54, 1.807) is 0 Å². The molecule has 3 saturated carbocycles. The number of carbonyl (C=O) groups excluding carboxylic acids is 1. The quantitative estimate of drug-likeness (QED) is 0.223. The number of nitrogens with zero attached hydrogens (tertiary/aromatic N) is 1. The number of unbranched alkanes of at least 4 members (excludes halogenated alkanes) is 8. The smallest absolute Gasteiger partial charge is 0.155 e. The van der Waals surface area contributed by atoms with Gasteiger partial charge in [0.2, 0.25) is 0 Å². The van der Waals surface area contributed by atoms with E-state index in [9.17, 15) is 9.90 Å². The molecule has 0 heterocycles. The Balaban J connectivity index is 1.24. The van der Waals surface area contributed by atoms with Gasteiger partial charge < -0.3 is 5.11 Å². The van der Waals surface area contributed by atoms with Crippen molar-refractivity contribution in [2.45, 2.75) is 142 Å². The molecular formula is C34H55NO2S. The predicted molar refractivity (Wildman–Crippen MR) is 160 cm³/mol. The van der Waals surface area contributed by atoms with Crippen LogP contribution in [0.1, 0.15) is 136 Å². The lowest BCUT2D eigenvalue weighted by atomic mass is 9.44. The van der Waals surface area contributed by atoms with Crippen LogP contribution in [0.15, 0.2) is 11.6 Å². The molecule has 0 aliphatic heterocycles. The fraction of sp³-hybridized carbons (Fsp3) is 0.882. The highest BCUT2D eigenvalue weighted by Gasteiger charge is 2.64. The van der Waals surface area contributed by atoms with Crippen LogP contribution in [0.25, 0.3) is 0 Å². The number of nitriles is 1. The largest absolute Gasteiger partial charge is 0.390 e. The van der Waals surface area contributed by atoms with Gasteiger partial charge in [0.1, 0.15) is 0 Å². The first kappa shape index (κ1) is 30.2. The molecular weight excluding hydrogens is 486 g/mol. The van der Waals surface area contributed by atoms with Crippen molar-refractivity contribution in [1.82, 2.24) is 0 Å². The molecule has 1 N–H and O–H groups in total. The van der Waals surface area contributed by atoms with Crippen LogP contribution in [0.2, 0.25) is 0 Å². The molecule has 3 fully saturated rings. The van der Waals surface area contributed by atoms with E-state index in [0.717, 1.165) is 44.4 Å². The van der Waals surface area contributed by atoms with Crippen LogP contribution in [0.4, 0.5) is 0 Å². The summed E-state index contributed by atoms with van der Waals surface area (Å²) in [5.41, 5.74) is 1.22. The molecule has 38 heavy (non-hydrogen) atoms. The van der Waals surface area contributed by atoms with Gasteiger partial charge in [0, 0.05) is 12.8 Å². The van der Waals surface area contributed by atoms with Crippen LogP contribution in [0, 0.1) is 45.8 Å². The molecule has 0 bridgehead atoms. The molecule has 0 spiro atoms. The van der Waals surface area contributed by atoms with Gasteiger partial charge in [-0.15, -0.1) is 0 Å². The Morgan fingerprint density at radius 1 is 0.921 bits per heavy atom. The van der Waals surface area contributed by atoms with Gasteiger partial charge in [0.25, 0.3) is 0 Å². The normalized spacial score (nSPS) is 38.2. The number of fused-ring (bicyclic) bond motifs is 5. The summed E-state index contributed by atoms with van der Waals surface area (Å²) in [6.07, 6.45) is 23.2. The van der Waals surface area contributed by atoms with Crippen LogP contribution < -0.4 is 0 Å². The van der Waals surface area contributed by atoms with Gasteiger partial charge in [-0.05, 0) is 123 Å². The van der Waals surface area contributed by atoms with Crippen LogP contribution in [0.3, 0.4) is 0 Å². The summed E-state index contributed by atoms with van der Waals surface area (Å²) in [6.45, 7) is 7.01. The first-order valence-corrected chi connectivity index (χ1v) is 17.3. The standard InChI is InChI=1S/C34H55NO2S/c1-32-18-15-28(36)25-27(32)24-26(31-29(32)16-19-33(2)30(31)17-20-34(33,3)37)14-10-7-5-4-6-8-12-22-38-23-13-9-11-21-35/h25-26,29-31,37H,4-20,22-24H2,1-3H3/t26-,29?,30?,31?,32+,33+,34+/m1/s1. The minimum absolute atomic E-state index is 0.0589. The van der Waals surface area contributed by atoms with Gasteiger partial charge in [-0.2, -0.15) is 17.0 Å². The highest BCUT2D eigenvalue weighted by atomic mass is 32.2. The van der Waals surface area contributed by atoms with Gasteiger partial charge >= 0.3 is 0 Å². The summed E-state index contributed by atoms with van der Waals surface area (Å²) in [4.78, 5) is 12.4. The third-order valence-electron chi connectivity index (χ3n) is 11.9. The molecule has 4 aliphatic carbocycles. The molecule has 4 heteroatoms. The van der Waals surface area contributed by atoms with Gasteiger partial charge in [-0.1, -0.05) is 57.9 Å². The lowest BCUT2D eigenvalue weighted by Gasteiger charge is -2.61. The highest BCUT2D eigenvalue weighted by molar-refractivity contribution is 7.99. The molecule has 3 unspecified atom stereocenters. The lowest BCUT2D eigenvalue weighted by Crippen LogP contribution is -2.56. The number of thioether (sulfide) groups is 1. The second-order valence-corrected chi connectivity index (χ2v) is 15.3. The fourth-order valence-electron chi connectivity index (χ4n) is 9.25. The minimum Gasteiger partial charge on any atom is -0.390 e. The summed E-state index contributed by atoms with van der Waals surface area (Å²) >= 11 is 2.06. The maximum Gasteiger partial charge on any atom is 0.155 e. The van der Waals surface area contributed by atoms with Gasteiger partial charge in [0.05, 0.1) is 11.7 Å². The van der Waals surface area contributed by atoms with Gasteiger partial charge in [-0.3, -0.25) is 4.79 Å². The Morgan fingerprint density at radius 3 is 2.32 bits per heavy atom. The third-order valence-corrected chi connectivity index (χ3v) is 13.0. The monoisotopic (exact) mass is 541 g/mol. The van der Waals surface area contributed by atoms with E-state index in [-0.39, 0.29) is 10.8 Å². The van der Waals surface area contributed by atoms with E-state index in [4.69, 9.17) is 5.26 Å². The molecule has 0 aromatic carbocycles. The summed E-state index contributed by atoms with van der Waals surface area (Å²) < 4.78 is 0. The average Bonchev–Trinajstić information content (AvgIpc) is 3.13. The number of aliphatic hydroxyl groups is 1. The molecule has 3 nitrogen and oxygen atoms in total. The van der Waals surface area contributed by atoms with E-state index in [1.807, 2.05) is 0 Å². The lowest BCUT2D eigenvalue weighted by molar-refractivity contribution is -0.135. The summed E-state index contributed by atoms with van der Waals surface area (Å²) in [6, 6.07) is 2.23. The summed E-state index contributed by atoms with van der Waals surface area (Å²) in [5, 5.41) is 20.0. The number of allylic oxidation sites excluding steroid dienone is 1. The number of carbonyl (C=O) groups is 1. The number of ketones is 1. The van der Waals surface area contributed by atoms with E-state index >= 15 is 0 Å². The molecule has 4 aliphatic rings. The molecule has 0 aromatic rings. The van der Waals surface area contributed by atoms with Crippen molar-refractivity contribution in [2.75, 3.05) is 11.5 Å². The van der Waals surface area contributed by atoms with Crippen molar-refractivity contribution >= 4 is 17.5 Å². The molecule has 0 aromatic heterocycles. The van der Waals surface area contributed by atoms with Crippen LogP contribution in [0.5, 0.6) is 0 Å². The molecule has 214 valence electrons. The molecule has 0 saturated heterocycles. The van der Waals surface area contributed by atoms with E-state index in [2.05, 4.69) is 44.7 Å². The van der Waals surface area contributed by atoms with Gasteiger partial charge in [0.15, 0.2) is 5.78 Å². The Bertz CT molecular complexity index is 874. The zero-order valence-corrected chi connectivity index (χ0v) is 25.6. The average molecular weight is 542 g/mol. The summed E-state index contributed by atoms with van der Waals surface area (Å²) in [7, 11) is 0. The molecule has 0 amide bonds. The van der Waals surface area contributed by atoms with Crippen LogP contribution in [-0.4, -0.2) is 28.0 Å². The van der Waals surface area contributed by atoms with Crippen molar-refractivity contribution in [2.24, 2.45) is 34.5 Å². The second-order valence-electron chi connectivity index (χ2n) is 14.1. The first-order chi connectivity index (χ1) is 18.2. The van der Waals surface area contributed by atoms with E-state index < -0.39 is 5.60 Å². The van der Waals surface area contributed by atoms with E-state index in [1.165, 1.54) is 87.7 Å². The Kier molecular flexibility index (Phi) is 10.5. The van der Waals surface area contributed by atoms with Crippen molar-refractivity contribution in [3.8, 4) is 6.07 Å². The maximum atomic E-state index is 12.4. The molecule has 4 rings (SSSR count). The number of rotatable bonds is 14. The van der Waals surface area contributed by atoms with Gasteiger partial charge in [-0.25, -0.2) is 0 Å². The van der Waals surface area contributed by atoms with Crippen LogP contribution >= 0.6 is 11.8 Å². The predicted octanol–water partition coefficient (Wildman–Crippen LogP) is 9.04. The fourth-order valence-corrected chi connectivity index (χ4v) is 10.3. The topological polar surface area (TPSA) is 61.1 Å². The zero-order valence-electron chi connectivity index (χ0n) is 24.7. The van der Waals surface area contributed by atoms with E-state index in [0.29, 0.717) is 30.0 Å². The number of hydrogen-bond donors (Lipinski definition) is 1. The van der Waals surface area contributed by atoms with Crippen molar-refractivity contribution in [1.29, 1.82) is 5.26 Å². The molecule has 0 radical (unpaired) electrons. The van der Waals surface area contributed by atoms with Crippen molar-refractivity contribution < 1.29 is 9.90 Å². The number of hydrogen-bond acceptors (Lipinski definition) is 4. The van der Waals surface area contributed by atoms with Crippen LogP contribution in [-0.2, 0) is 4.79 Å². The minimum atomic E-state index is -0.525. The Hall–Kier alpha value is -0.790. The summed E-state index contributed by atoms with van der Waals surface area (Å²) in [5.74, 6) is 5.59. The maximum absolute atomic E-state index is 12.4. The SMILES string of the molecule is C[C@]12CCC(=O)C=C1C[C@@H](CCCCCCCCCSCCCCC#N)C1C2CC[C@@]2(C)C1CC[C@]2(C)O. The first-order valence-electron chi connectivity index (χ1n) is 16.1. The second kappa shape index (κ2) is 13.2. The van der Waals surface area contributed by atoms with Crippen molar-refractivity contribution in [3.05, 3.63) is 11.6 Å².